The van der Waals surface area contributed by atoms with Gasteiger partial charge in [0.25, 0.3) is 11.8 Å². The standard InChI is InChI=1S/C34H51N5O4Si/c1-7-8-22-42-29-28(32(41)38(26-14-11-15-26)21-23-43-44(5,6)33(2,3)4)36-27(37-31(29)40)24-34(17-9-10-18-34)39-20-16-25-13-12-19-35-30(25)39/h12-13,16,19-20,26H,7-11,14-15,17-18,21-24H2,1-6H3,(H,36,37,40). The average Bonchev–Trinajstić information content (AvgIpc) is 3.59. The van der Waals surface area contributed by atoms with Gasteiger partial charge in [-0.3, -0.25) is 4.79 Å². The second-order valence-corrected chi connectivity index (χ2v) is 19.1. The van der Waals surface area contributed by atoms with Gasteiger partial charge in [-0.15, -0.1) is 0 Å². The molecule has 3 aromatic heterocycles. The highest BCUT2D eigenvalue weighted by Gasteiger charge is 2.40. The van der Waals surface area contributed by atoms with Gasteiger partial charge in [0.05, 0.1) is 18.8 Å². The monoisotopic (exact) mass is 621 g/mol. The van der Waals surface area contributed by atoms with Crippen LogP contribution >= 0.6 is 0 Å². The summed E-state index contributed by atoms with van der Waals surface area (Å²) in [5, 5.41) is 12.4. The summed E-state index contributed by atoms with van der Waals surface area (Å²) in [6.07, 6.45) is 13.3. The van der Waals surface area contributed by atoms with E-state index in [1.54, 1.807) is 0 Å². The van der Waals surface area contributed by atoms with E-state index in [4.69, 9.17) is 19.1 Å². The molecule has 0 aliphatic heterocycles. The summed E-state index contributed by atoms with van der Waals surface area (Å²) in [5.41, 5.74) is 0.816. The molecule has 2 aliphatic rings. The lowest BCUT2D eigenvalue weighted by Crippen LogP contribution is -2.48. The van der Waals surface area contributed by atoms with Crippen molar-refractivity contribution in [3.8, 4) is 11.6 Å². The van der Waals surface area contributed by atoms with E-state index < -0.39 is 8.32 Å². The zero-order chi connectivity index (χ0) is 31.5. The Morgan fingerprint density at radius 2 is 1.89 bits per heavy atom. The van der Waals surface area contributed by atoms with Crippen LogP contribution in [0.25, 0.3) is 11.0 Å². The third kappa shape index (κ3) is 6.66. The van der Waals surface area contributed by atoms with Crippen LogP contribution in [0.3, 0.4) is 0 Å². The number of nitrogens with zero attached hydrogens (tertiary/aromatic N) is 5. The fourth-order valence-corrected chi connectivity index (χ4v) is 7.27. The van der Waals surface area contributed by atoms with Crippen molar-refractivity contribution in [2.75, 3.05) is 19.8 Å². The van der Waals surface area contributed by atoms with E-state index in [9.17, 15) is 9.90 Å². The lowest BCUT2D eigenvalue weighted by atomic mass is 9.91. The number of hydrogen-bond donors (Lipinski definition) is 1. The molecule has 10 heteroatoms. The Bertz CT molecular complexity index is 1440. The van der Waals surface area contributed by atoms with Crippen LogP contribution in [0.15, 0.2) is 30.6 Å². The summed E-state index contributed by atoms with van der Waals surface area (Å²) in [7, 11) is -1.97. The molecule has 240 valence electrons. The van der Waals surface area contributed by atoms with Crippen LogP contribution in [0.4, 0.5) is 0 Å². The lowest BCUT2D eigenvalue weighted by Gasteiger charge is -2.40. The first kappa shape index (κ1) is 32.4. The number of unbranched alkanes of at least 4 members (excludes halogenated alkanes) is 1. The van der Waals surface area contributed by atoms with Gasteiger partial charge in [-0.25, -0.2) is 9.97 Å². The summed E-state index contributed by atoms with van der Waals surface area (Å²) in [6, 6.07) is 6.26. The Balaban J connectivity index is 1.47. The van der Waals surface area contributed by atoms with Crippen LogP contribution in [0.5, 0.6) is 11.6 Å². The minimum atomic E-state index is -1.97. The summed E-state index contributed by atoms with van der Waals surface area (Å²) in [5.74, 6) is 0.0755. The van der Waals surface area contributed by atoms with Crippen molar-refractivity contribution in [1.82, 2.24) is 24.4 Å². The maximum absolute atomic E-state index is 14.4. The molecule has 0 bridgehead atoms. The van der Waals surface area contributed by atoms with E-state index in [2.05, 4.69) is 68.7 Å². The van der Waals surface area contributed by atoms with E-state index in [-0.39, 0.29) is 39.8 Å². The molecule has 0 atom stereocenters. The van der Waals surface area contributed by atoms with Crippen LogP contribution in [0, 0.1) is 0 Å². The molecule has 0 radical (unpaired) electrons. The molecule has 3 aromatic rings. The quantitative estimate of drug-likeness (QED) is 0.159. The van der Waals surface area contributed by atoms with Crippen LogP contribution < -0.4 is 4.74 Å². The molecule has 9 nitrogen and oxygen atoms in total. The van der Waals surface area contributed by atoms with Crippen molar-refractivity contribution in [2.24, 2.45) is 0 Å². The predicted molar refractivity (Wildman–Crippen MR) is 176 cm³/mol. The molecule has 2 aliphatic carbocycles. The second-order valence-electron chi connectivity index (χ2n) is 14.2. The smallest absolute Gasteiger partial charge is 0.276 e. The molecule has 0 aromatic carbocycles. The van der Waals surface area contributed by atoms with Crippen molar-refractivity contribution < 1.29 is 19.1 Å². The van der Waals surface area contributed by atoms with Gasteiger partial charge in [0, 0.05) is 36.8 Å². The summed E-state index contributed by atoms with van der Waals surface area (Å²) in [4.78, 5) is 30.5. The molecule has 0 spiro atoms. The SMILES string of the molecule is CCCCOc1c(O)nc(CC2(n3ccc4cccnc43)CCCC2)nc1C(=O)N(CCO[Si](C)(C)C(C)(C)C)C1CCC1. The Labute approximate surface area is 263 Å². The topological polar surface area (TPSA) is 103 Å². The number of aromatic hydroxyl groups is 1. The van der Waals surface area contributed by atoms with Crippen molar-refractivity contribution >= 4 is 25.3 Å². The number of ether oxygens (including phenoxy) is 1. The normalized spacial score (nSPS) is 17.1. The van der Waals surface area contributed by atoms with Gasteiger partial charge in [-0.05, 0) is 74.9 Å². The number of carbonyl (C=O) groups excluding carboxylic acids is 1. The number of hydrogen-bond acceptors (Lipinski definition) is 7. The molecule has 1 N–H and O–H groups in total. The number of aromatic nitrogens is 4. The Morgan fingerprint density at radius 1 is 1.14 bits per heavy atom. The molecule has 2 fully saturated rings. The number of rotatable bonds is 13. The first-order chi connectivity index (χ1) is 21.0. The molecular formula is C34H51N5O4Si. The van der Waals surface area contributed by atoms with Crippen molar-refractivity contribution in [3.05, 3.63) is 42.1 Å². The highest BCUT2D eigenvalue weighted by atomic mass is 28.4. The van der Waals surface area contributed by atoms with Gasteiger partial charge < -0.3 is 23.7 Å². The number of amides is 1. The summed E-state index contributed by atoms with van der Waals surface area (Å²) < 4.78 is 14.8. The Hall–Kier alpha value is -2.98. The van der Waals surface area contributed by atoms with Crippen molar-refractivity contribution in [1.29, 1.82) is 0 Å². The van der Waals surface area contributed by atoms with E-state index in [1.165, 1.54) is 0 Å². The first-order valence-corrected chi connectivity index (χ1v) is 19.5. The average molecular weight is 622 g/mol. The number of fused-ring (bicyclic) bond motifs is 1. The number of pyridine rings is 1. The molecule has 0 unspecified atom stereocenters. The highest BCUT2D eigenvalue weighted by molar-refractivity contribution is 6.74. The van der Waals surface area contributed by atoms with Gasteiger partial charge in [-0.2, -0.15) is 4.98 Å². The summed E-state index contributed by atoms with van der Waals surface area (Å²) >= 11 is 0. The van der Waals surface area contributed by atoms with Gasteiger partial charge in [0.1, 0.15) is 11.5 Å². The minimum Gasteiger partial charge on any atom is -0.491 e. The van der Waals surface area contributed by atoms with E-state index in [1.807, 2.05) is 17.2 Å². The van der Waals surface area contributed by atoms with Crippen LogP contribution in [-0.4, -0.2) is 69.6 Å². The van der Waals surface area contributed by atoms with Crippen molar-refractivity contribution in [3.63, 3.8) is 0 Å². The van der Waals surface area contributed by atoms with Gasteiger partial charge in [0.15, 0.2) is 14.0 Å². The second kappa shape index (κ2) is 13.2. The van der Waals surface area contributed by atoms with Crippen LogP contribution in [0.1, 0.15) is 102 Å². The molecular weight excluding hydrogens is 570 g/mol. The maximum atomic E-state index is 14.4. The molecule has 2 saturated carbocycles. The molecule has 1 amide bonds. The zero-order valence-corrected chi connectivity index (χ0v) is 28.6. The van der Waals surface area contributed by atoms with E-state index in [0.717, 1.165) is 68.8 Å². The van der Waals surface area contributed by atoms with E-state index >= 15 is 0 Å². The third-order valence-electron chi connectivity index (χ3n) is 10.2. The highest BCUT2D eigenvalue weighted by Crippen LogP contribution is 2.42. The molecule has 44 heavy (non-hydrogen) atoms. The van der Waals surface area contributed by atoms with Crippen molar-refractivity contribution in [2.45, 2.75) is 122 Å². The van der Waals surface area contributed by atoms with Crippen LogP contribution in [-0.2, 0) is 16.4 Å². The van der Waals surface area contributed by atoms with Gasteiger partial charge in [-0.1, -0.05) is 47.0 Å². The van der Waals surface area contributed by atoms with Crippen LogP contribution in [0.2, 0.25) is 18.1 Å². The first-order valence-electron chi connectivity index (χ1n) is 16.6. The Morgan fingerprint density at radius 3 is 2.55 bits per heavy atom. The predicted octanol–water partition coefficient (Wildman–Crippen LogP) is 7.24. The Kier molecular flexibility index (Phi) is 9.70. The largest absolute Gasteiger partial charge is 0.491 e. The molecule has 0 saturated heterocycles. The molecule has 3 heterocycles. The summed E-state index contributed by atoms with van der Waals surface area (Å²) in [6.45, 7) is 14.6. The fraction of sp³-hybridized carbons (Fsp3) is 0.647. The maximum Gasteiger partial charge on any atom is 0.276 e. The molecule has 5 rings (SSSR count). The zero-order valence-electron chi connectivity index (χ0n) is 27.6. The number of carbonyl (C=O) groups is 1. The third-order valence-corrected chi connectivity index (χ3v) is 14.7. The lowest BCUT2D eigenvalue weighted by molar-refractivity contribution is 0.0519. The minimum absolute atomic E-state index is 0.0860. The van der Waals surface area contributed by atoms with Gasteiger partial charge in [0.2, 0.25) is 5.75 Å². The fourth-order valence-electron chi connectivity index (χ4n) is 6.24. The van der Waals surface area contributed by atoms with E-state index in [0.29, 0.717) is 32.0 Å². The van der Waals surface area contributed by atoms with Gasteiger partial charge >= 0.3 is 0 Å².